The molecule has 1 aromatic rings. The molecule has 0 aromatic heterocycles. The van der Waals surface area contributed by atoms with Crippen molar-refractivity contribution in [1.82, 2.24) is 0 Å². The van der Waals surface area contributed by atoms with Crippen LogP contribution in [0, 0.1) is 0 Å². The fourth-order valence-electron chi connectivity index (χ4n) is 2.39. The summed E-state index contributed by atoms with van der Waals surface area (Å²) in [5.74, 6) is -2.12. The number of hydrogen-bond acceptors (Lipinski definition) is 3. The van der Waals surface area contributed by atoms with E-state index < -0.39 is 11.5 Å². The summed E-state index contributed by atoms with van der Waals surface area (Å²) in [4.78, 5) is 0. The summed E-state index contributed by atoms with van der Waals surface area (Å²) >= 11 is 0. The van der Waals surface area contributed by atoms with Gasteiger partial charge in [-0.15, -0.1) is 0 Å². The topological polar surface area (TPSA) is 55.5 Å². The molecular weight excluding hydrogens is 240 g/mol. The van der Waals surface area contributed by atoms with Gasteiger partial charge in [0, 0.05) is 30.0 Å². The van der Waals surface area contributed by atoms with Crippen LogP contribution in [0.15, 0.2) is 18.2 Å². The molecule has 1 aliphatic carbocycles. The Morgan fingerprint density at radius 1 is 1.22 bits per heavy atom. The number of phenols is 1. The number of aromatic hydroxyl groups is 1. The third-order valence-corrected chi connectivity index (χ3v) is 3.62. The standard InChI is InChI=1S/C13H17F2NO2/c1-18-9-2-3-10(11(17)8-9)12(16)4-6-13(14,15)7-5-12/h2-3,8,17H,4-7,16H2,1H3. The second-order valence-corrected chi connectivity index (χ2v) is 4.90. The molecule has 100 valence electrons. The van der Waals surface area contributed by atoms with Crippen molar-refractivity contribution in [2.24, 2.45) is 5.73 Å². The van der Waals surface area contributed by atoms with E-state index in [1.54, 1.807) is 12.1 Å². The fourth-order valence-corrected chi connectivity index (χ4v) is 2.39. The maximum Gasteiger partial charge on any atom is 0.248 e. The van der Waals surface area contributed by atoms with Crippen LogP contribution in [0.25, 0.3) is 0 Å². The highest BCUT2D eigenvalue weighted by molar-refractivity contribution is 5.43. The molecule has 1 saturated carbocycles. The van der Waals surface area contributed by atoms with Crippen LogP contribution in [-0.2, 0) is 5.54 Å². The number of alkyl halides is 2. The van der Waals surface area contributed by atoms with Crippen molar-refractivity contribution in [3.63, 3.8) is 0 Å². The van der Waals surface area contributed by atoms with Gasteiger partial charge in [0.05, 0.1) is 7.11 Å². The first-order valence-corrected chi connectivity index (χ1v) is 5.90. The van der Waals surface area contributed by atoms with E-state index in [9.17, 15) is 13.9 Å². The highest BCUT2D eigenvalue weighted by Gasteiger charge is 2.43. The second-order valence-electron chi connectivity index (χ2n) is 4.90. The van der Waals surface area contributed by atoms with Gasteiger partial charge in [-0.05, 0) is 25.0 Å². The molecule has 0 unspecified atom stereocenters. The van der Waals surface area contributed by atoms with Crippen LogP contribution in [0.2, 0.25) is 0 Å². The number of benzene rings is 1. The summed E-state index contributed by atoms with van der Waals surface area (Å²) in [7, 11) is 1.49. The molecule has 0 saturated heterocycles. The van der Waals surface area contributed by atoms with Gasteiger partial charge in [-0.1, -0.05) is 0 Å². The van der Waals surface area contributed by atoms with E-state index >= 15 is 0 Å². The molecule has 0 heterocycles. The lowest BCUT2D eigenvalue weighted by Gasteiger charge is -2.37. The van der Waals surface area contributed by atoms with Crippen LogP contribution >= 0.6 is 0 Å². The van der Waals surface area contributed by atoms with Crippen molar-refractivity contribution in [3.05, 3.63) is 23.8 Å². The third-order valence-electron chi connectivity index (χ3n) is 3.62. The molecule has 1 aliphatic rings. The second kappa shape index (κ2) is 4.39. The lowest BCUT2D eigenvalue weighted by atomic mass is 9.75. The minimum Gasteiger partial charge on any atom is -0.507 e. The molecule has 0 bridgehead atoms. The summed E-state index contributed by atoms with van der Waals surface area (Å²) in [5.41, 5.74) is 5.80. The average molecular weight is 257 g/mol. The summed E-state index contributed by atoms with van der Waals surface area (Å²) in [5, 5.41) is 9.92. The minimum absolute atomic E-state index is 0.00191. The molecular formula is C13H17F2NO2. The summed E-state index contributed by atoms with van der Waals surface area (Å²) in [6.07, 6.45) is -0.149. The van der Waals surface area contributed by atoms with Gasteiger partial charge in [-0.2, -0.15) is 0 Å². The quantitative estimate of drug-likeness (QED) is 0.856. The normalized spacial score (nSPS) is 21.6. The molecule has 0 aliphatic heterocycles. The molecule has 0 atom stereocenters. The van der Waals surface area contributed by atoms with Crippen molar-refractivity contribution in [2.75, 3.05) is 7.11 Å². The van der Waals surface area contributed by atoms with Crippen LogP contribution in [-0.4, -0.2) is 18.1 Å². The van der Waals surface area contributed by atoms with Crippen molar-refractivity contribution >= 4 is 0 Å². The number of hydrogen-bond donors (Lipinski definition) is 2. The first-order chi connectivity index (χ1) is 8.36. The number of halogens is 2. The lowest BCUT2D eigenvalue weighted by Crippen LogP contribution is -2.43. The number of phenolic OH excluding ortho intramolecular Hbond substituents is 1. The summed E-state index contributed by atoms with van der Waals surface area (Å²) in [6.45, 7) is 0. The van der Waals surface area contributed by atoms with Gasteiger partial charge in [0.1, 0.15) is 11.5 Å². The molecule has 1 aromatic carbocycles. The number of methoxy groups -OCH3 is 1. The van der Waals surface area contributed by atoms with Crippen LogP contribution in [0.1, 0.15) is 31.2 Å². The predicted molar refractivity (Wildman–Crippen MR) is 63.9 cm³/mol. The largest absolute Gasteiger partial charge is 0.507 e. The number of rotatable bonds is 2. The highest BCUT2D eigenvalue weighted by atomic mass is 19.3. The van der Waals surface area contributed by atoms with Gasteiger partial charge in [0.25, 0.3) is 0 Å². The molecule has 5 heteroatoms. The molecule has 0 radical (unpaired) electrons. The van der Waals surface area contributed by atoms with Crippen LogP contribution < -0.4 is 10.5 Å². The fraction of sp³-hybridized carbons (Fsp3) is 0.538. The number of ether oxygens (including phenoxy) is 1. The smallest absolute Gasteiger partial charge is 0.248 e. The molecule has 3 N–H and O–H groups in total. The van der Waals surface area contributed by atoms with E-state index in [0.29, 0.717) is 11.3 Å². The van der Waals surface area contributed by atoms with Crippen molar-refractivity contribution in [3.8, 4) is 11.5 Å². The molecule has 0 spiro atoms. The Labute approximate surface area is 105 Å². The first-order valence-electron chi connectivity index (χ1n) is 5.90. The van der Waals surface area contributed by atoms with Crippen molar-refractivity contribution in [1.29, 1.82) is 0 Å². The van der Waals surface area contributed by atoms with Gasteiger partial charge in [0.15, 0.2) is 0 Å². The van der Waals surface area contributed by atoms with Gasteiger partial charge in [-0.3, -0.25) is 0 Å². The average Bonchev–Trinajstić information content (AvgIpc) is 2.33. The van der Waals surface area contributed by atoms with Crippen LogP contribution in [0.3, 0.4) is 0 Å². The Hall–Kier alpha value is -1.36. The maximum absolute atomic E-state index is 13.1. The molecule has 3 nitrogen and oxygen atoms in total. The monoisotopic (exact) mass is 257 g/mol. The Balaban J connectivity index is 2.26. The Morgan fingerprint density at radius 3 is 2.33 bits per heavy atom. The van der Waals surface area contributed by atoms with E-state index in [0.717, 1.165) is 0 Å². The molecule has 1 fully saturated rings. The van der Waals surface area contributed by atoms with Crippen LogP contribution in [0.4, 0.5) is 8.78 Å². The Kier molecular flexibility index (Phi) is 3.19. The first kappa shape index (κ1) is 13.1. The van der Waals surface area contributed by atoms with Gasteiger partial charge in [0.2, 0.25) is 5.92 Å². The van der Waals surface area contributed by atoms with E-state index in [1.807, 2.05) is 0 Å². The van der Waals surface area contributed by atoms with Gasteiger partial charge in [-0.25, -0.2) is 8.78 Å². The van der Waals surface area contributed by atoms with Gasteiger partial charge >= 0.3 is 0 Å². The lowest BCUT2D eigenvalue weighted by molar-refractivity contribution is -0.0516. The highest BCUT2D eigenvalue weighted by Crippen LogP contribution is 2.45. The summed E-state index contributed by atoms with van der Waals surface area (Å²) in [6, 6.07) is 4.78. The van der Waals surface area contributed by atoms with E-state index in [2.05, 4.69) is 0 Å². The zero-order chi connectivity index (χ0) is 13.4. The zero-order valence-electron chi connectivity index (χ0n) is 10.2. The Morgan fingerprint density at radius 2 is 1.83 bits per heavy atom. The number of nitrogens with two attached hydrogens (primary N) is 1. The summed E-state index contributed by atoms with van der Waals surface area (Å²) < 4.78 is 31.3. The van der Waals surface area contributed by atoms with Crippen molar-refractivity contribution in [2.45, 2.75) is 37.1 Å². The maximum atomic E-state index is 13.1. The Bertz CT molecular complexity index is 439. The van der Waals surface area contributed by atoms with Crippen molar-refractivity contribution < 1.29 is 18.6 Å². The molecule has 18 heavy (non-hydrogen) atoms. The van der Waals surface area contributed by atoms with E-state index in [-0.39, 0.29) is 31.4 Å². The molecule has 0 amide bonds. The minimum atomic E-state index is -2.63. The van der Waals surface area contributed by atoms with Crippen LogP contribution in [0.5, 0.6) is 11.5 Å². The van der Waals surface area contributed by atoms with E-state index in [1.165, 1.54) is 13.2 Å². The molecule has 2 rings (SSSR count). The zero-order valence-corrected chi connectivity index (χ0v) is 10.2. The SMILES string of the molecule is COc1ccc(C2(N)CCC(F)(F)CC2)c(O)c1. The predicted octanol–water partition coefficient (Wildman–Crippen LogP) is 2.76. The van der Waals surface area contributed by atoms with Gasteiger partial charge < -0.3 is 15.6 Å². The van der Waals surface area contributed by atoms with E-state index in [4.69, 9.17) is 10.5 Å². The third kappa shape index (κ3) is 2.41.